The molecule has 30 heavy (non-hydrogen) atoms. The molecular weight excluding hydrogens is 376 g/mol. The van der Waals surface area contributed by atoms with E-state index in [2.05, 4.69) is 34.3 Å². The summed E-state index contributed by atoms with van der Waals surface area (Å²) in [5.74, 6) is 1.61. The van der Waals surface area contributed by atoms with Gasteiger partial charge in [-0.2, -0.15) is 0 Å². The van der Waals surface area contributed by atoms with Gasteiger partial charge in [0.05, 0.1) is 11.6 Å². The minimum absolute atomic E-state index is 0.00104. The third kappa shape index (κ3) is 4.94. The Morgan fingerprint density at radius 2 is 2.17 bits per heavy atom. The number of amides is 1. The van der Waals surface area contributed by atoms with Crippen molar-refractivity contribution in [1.29, 1.82) is 0 Å². The number of oxazole rings is 1. The van der Waals surface area contributed by atoms with Gasteiger partial charge in [-0.15, -0.1) is 0 Å². The standard InChI is InChI=1S/C24H28N4O2/c1-17-6-3-8-20(12-17)24-27-22(18(2)30-24)16-28-11-5-9-21(15-28)23(29)26-14-19-7-4-10-25-13-19/h3-4,6-8,10,12-13,21H,5,9,11,14-16H2,1-2H3,(H,26,29). The summed E-state index contributed by atoms with van der Waals surface area (Å²) >= 11 is 0. The van der Waals surface area contributed by atoms with Gasteiger partial charge < -0.3 is 9.73 Å². The van der Waals surface area contributed by atoms with Crippen LogP contribution in [-0.2, 0) is 17.9 Å². The van der Waals surface area contributed by atoms with E-state index in [0.29, 0.717) is 19.0 Å². The average Bonchev–Trinajstić information content (AvgIpc) is 3.13. The maximum Gasteiger partial charge on any atom is 0.226 e. The van der Waals surface area contributed by atoms with E-state index in [4.69, 9.17) is 9.40 Å². The number of aryl methyl sites for hydroxylation is 2. The van der Waals surface area contributed by atoms with Gasteiger partial charge in [-0.05, 0) is 57.0 Å². The van der Waals surface area contributed by atoms with Crippen LogP contribution in [0.3, 0.4) is 0 Å². The van der Waals surface area contributed by atoms with E-state index in [9.17, 15) is 4.79 Å². The largest absolute Gasteiger partial charge is 0.441 e. The van der Waals surface area contributed by atoms with Crippen molar-refractivity contribution in [1.82, 2.24) is 20.2 Å². The fourth-order valence-corrected chi connectivity index (χ4v) is 3.94. The number of carbonyl (C=O) groups excluding carboxylic acids is 1. The molecule has 6 heteroatoms. The molecule has 1 saturated heterocycles. The van der Waals surface area contributed by atoms with Crippen molar-refractivity contribution < 1.29 is 9.21 Å². The molecule has 0 aliphatic carbocycles. The Kier molecular flexibility index (Phi) is 6.23. The van der Waals surface area contributed by atoms with Gasteiger partial charge in [0.1, 0.15) is 5.76 Å². The van der Waals surface area contributed by atoms with E-state index >= 15 is 0 Å². The Morgan fingerprint density at radius 3 is 2.97 bits per heavy atom. The first-order valence-electron chi connectivity index (χ1n) is 10.5. The zero-order chi connectivity index (χ0) is 20.9. The number of pyridine rings is 1. The molecule has 1 aliphatic heterocycles. The molecule has 1 aromatic carbocycles. The van der Waals surface area contributed by atoms with Crippen LogP contribution in [0.1, 0.15) is 35.4 Å². The third-order valence-electron chi connectivity index (χ3n) is 5.60. The van der Waals surface area contributed by atoms with Crippen LogP contribution >= 0.6 is 0 Å². The van der Waals surface area contributed by atoms with Crippen LogP contribution in [0.4, 0.5) is 0 Å². The van der Waals surface area contributed by atoms with Gasteiger partial charge in [-0.3, -0.25) is 14.7 Å². The van der Waals surface area contributed by atoms with E-state index < -0.39 is 0 Å². The monoisotopic (exact) mass is 404 g/mol. The number of hydrogen-bond donors (Lipinski definition) is 1. The van der Waals surface area contributed by atoms with Crippen molar-refractivity contribution in [2.24, 2.45) is 5.92 Å². The van der Waals surface area contributed by atoms with Crippen molar-refractivity contribution in [3.63, 3.8) is 0 Å². The highest BCUT2D eigenvalue weighted by molar-refractivity contribution is 5.78. The predicted molar refractivity (Wildman–Crippen MR) is 115 cm³/mol. The Balaban J connectivity index is 1.36. The van der Waals surface area contributed by atoms with Gasteiger partial charge >= 0.3 is 0 Å². The summed E-state index contributed by atoms with van der Waals surface area (Å²) in [7, 11) is 0. The summed E-state index contributed by atoms with van der Waals surface area (Å²) in [5.41, 5.74) is 4.14. The van der Waals surface area contributed by atoms with Gasteiger partial charge in [-0.1, -0.05) is 23.8 Å². The maximum absolute atomic E-state index is 12.7. The van der Waals surface area contributed by atoms with Crippen LogP contribution in [0.25, 0.3) is 11.5 Å². The number of carbonyl (C=O) groups is 1. The summed E-state index contributed by atoms with van der Waals surface area (Å²) in [6, 6.07) is 12.0. The topological polar surface area (TPSA) is 71.3 Å². The molecule has 3 aromatic rings. The van der Waals surface area contributed by atoms with Gasteiger partial charge in [0, 0.05) is 37.6 Å². The molecular formula is C24H28N4O2. The first-order valence-corrected chi connectivity index (χ1v) is 10.5. The molecule has 0 spiro atoms. The van der Waals surface area contributed by atoms with Gasteiger partial charge in [-0.25, -0.2) is 4.98 Å². The highest BCUT2D eigenvalue weighted by Crippen LogP contribution is 2.25. The summed E-state index contributed by atoms with van der Waals surface area (Å²) in [6.07, 6.45) is 5.45. The first-order chi connectivity index (χ1) is 14.6. The van der Waals surface area contributed by atoms with E-state index in [0.717, 1.165) is 48.5 Å². The molecule has 6 nitrogen and oxygen atoms in total. The minimum atomic E-state index is -0.00104. The second-order valence-corrected chi connectivity index (χ2v) is 8.04. The lowest BCUT2D eigenvalue weighted by Gasteiger charge is -2.31. The predicted octanol–water partition coefficient (Wildman–Crippen LogP) is 3.88. The zero-order valence-electron chi connectivity index (χ0n) is 17.6. The van der Waals surface area contributed by atoms with Gasteiger partial charge in [0.2, 0.25) is 11.8 Å². The summed E-state index contributed by atoms with van der Waals surface area (Å²) < 4.78 is 5.94. The van der Waals surface area contributed by atoms with Gasteiger partial charge in [0.25, 0.3) is 0 Å². The fraction of sp³-hybridized carbons (Fsp3) is 0.375. The van der Waals surface area contributed by atoms with Crippen LogP contribution in [0.15, 0.2) is 53.2 Å². The van der Waals surface area contributed by atoms with Crippen LogP contribution < -0.4 is 5.32 Å². The molecule has 0 bridgehead atoms. The normalized spacial score (nSPS) is 17.1. The Labute approximate surface area is 177 Å². The lowest BCUT2D eigenvalue weighted by atomic mass is 9.97. The van der Waals surface area contributed by atoms with Crippen LogP contribution in [0.5, 0.6) is 0 Å². The molecule has 156 valence electrons. The number of hydrogen-bond acceptors (Lipinski definition) is 5. The van der Waals surface area contributed by atoms with Crippen LogP contribution in [0, 0.1) is 19.8 Å². The Morgan fingerprint density at radius 1 is 1.27 bits per heavy atom. The molecule has 1 amide bonds. The van der Waals surface area contributed by atoms with Gasteiger partial charge in [0.15, 0.2) is 0 Å². The Bertz CT molecular complexity index is 999. The highest BCUT2D eigenvalue weighted by Gasteiger charge is 2.27. The molecule has 2 aromatic heterocycles. The molecule has 0 radical (unpaired) electrons. The number of likely N-dealkylation sites (tertiary alicyclic amines) is 1. The van der Waals surface area contributed by atoms with Crippen molar-refractivity contribution >= 4 is 5.91 Å². The van der Waals surface area contributed by atoms with Crippen LogP contribution in [-0.4, -0.2) is 33.9 Å². The zero-order valence-corrected chi connectivity index (χ0v) is 17.6. The summed E-state index contributed by atoms with van der Waals surface area (Å²) in [6.45, 7) is 6.96. The number of piperidine rings is 1. The lowest BCUT2D eigenvalue weighted by molar-refractivity contribution is -0.127. The van der Waals surface area contributed by atoms with E-state index in [1.807, 2.05) is 31.2 Å². The SMILES string of the molecule is Cc1cccc(-c2nc(CN3CCCC(C(=O)NCc4cccnc4)C3)c(C)o2)c1. The number of nitrogens with zero attached hydrogens (tertiary/aromatic N) is 3. The van der Waals surface area contributed by atoms with E-state index in [-0.39, 0.29) is 11.8 Å². The number of nitrogens with one attached hydrogen (secondary N) is 1. The summed E-state index contributed by atoms with van der Waals surface area (Å²) in [5, 5.41) is 3.06. The molecule has 0 saturated carbocycles. The second-order valence-electron chi connectivity index (χ2n) is 8.04. The average molecular weight is 405 g/mol. The van der Waals surface area contributed by atoms with Crippen molar-refractivity contribution in [3.05, 3.63) is 71.4 Å². The molecule has 1 N–H and O–H groups in total. The fourth-order valence-electron chi connectivity index (χ4n) is 3.94. The molecule has 1 fully saturated rings. The van der Waals surface area contributed by atoms with Crippen molar-refractivity contribution in [3.8, 4) is 11.5 Å². The smallest absolute Gasteiger partial charge is 0.226 e. The third-order valence-corrected chi connectivity index (χ3v) is 5.60. The summed E-state index contributed by atoms with van der Waals surface area (Å²) in [4.78, 5) is 23.8. The van der Waals surface area contributed by atoms with Crippen molar-refractivity contribution in [2.75, 3.05) is 13.1 Å². The molecule has 1 aliphatic rings. The van der Waals surface area contributed by atoms with Crippen LogP contribution in [0.2, 0.25) is 0 Å². The molecule has 1 atom stereocenters. The first kappa shape index (κ1) is 20.3. The maximum atomic E-state index is 12.7. The Hall–Kier alpha value is -2.99. The lowest BCUT2D eigenvalue weighted by Crippen LogP contribution is -2.42. The molecule has 4 rings (SSSR count). The van der Waals surface area contributed by atoms with E-state index in [1.165, 1.54) is 5.56 Å². The quantitative estimate of drug-likeness (QED) is 0.675. The van der Waals surface area contributed by atoms with Crippen molar-refractivity contribution in [2.45, 2.75) is 39.8 Å². The number of rotatable bonds is 6. The molecule has 3 heterocycles. The number of aromatic nitrogens is 2. The van der Waals surface area contributed by atoms with E-state index in [1.54, 1.807) is 12.4 Å². The second kappa shape index (κ2) is 9.22. The minimum Gasteiger partial charge on any atom is -0.441 e. The highest BCUT2D eigenvalue weighted by atomic mass is 16.4. The number of benzene rings is 1. The molecule has 1 unspecified atom stereocenters.